The van der Waals surface area contributed by atoms with Gasteiger partial charge in [-0.1, -0.05) is 12.1 Å². The van der Waals surface area contributed by atoms with Crippen LogP contribution in [0.4, 0.5) is 11.4 Å². The van der Waals surface area contributed by atoms with E-state index in [4.69, 9.17) is 5.73 Å². The molecule has 0 fully saturated rings. The third-order valence-electron chi connectivity index (χ3n) is 2.95. The van der Waals surface area contributed by atoms with Crippen LogP contribution in [0.15, 0.2) is 40.1 Å². The number of aromatic hydroxyl groups is 1. The molecule has 0 bridgehead atoms. The highest BCUT2D eigenvalue weighted by Crippen LogP contribution is 2.25. The zero-order valence-electron chi connectivity index (χ0n) is 11.2. The highest BCUT2D eigenvalue weighted by molar-refractivity contribution is 6.03. The Balaban J connectivity index is 2.60. The molecule has 0 aliphatic rings. The molecule has 6 heteroatoms. The largest absolute Gasteiger partial charge is 0.492 e. The number of rotatable bonds is 2. The number of aryl methyl sites for hydroxylation is 1. The molecule has 0 atom stereocenters. The topological polar surface area (TPSA) is 101 Å². The van der Waals surface area contributed by atoms with Gasteiger partial charge >= 0.3 is 0 Å². The van der Waals surface area contributed by atoms with Gasteiger partial charge in [-0.3, -0.25) is 9.79 Å². The minimum Gasteiger partial charge on any atom is -0.492 e. The van der Waals surface area contributed by atoms with E-state index in [9.17, 15) is 15.1 Å². The molecule has 4 N–H and O–H groups in total. The van der Waals surface area contributed by atoms with E-state index in [1.165, 1.54) is 6.07 Å². The second-order valence-electron chi connectivity index (χ2n) is 4.43. The van der Waals surface area contributed by atoms with Gasteiger partial charge in [-0.25, -0.2) is 0 Å². The molecule has 1 aromatic carbocycles. The van der Waals surface area contributed by atoms with Gasteiger partial charge in [0, 0.05) is 6.07 Å². The standard InChI is InChI=1S/C14H15N3O3/c1-8-7-12(18)17(20)14(19)13(8)9(2)16-11-6-4-3-5-10(11)15/h3-7,19-20H,15H2,1-2H3/b16-9+. The molecule has 20 heavy (non-hydrogen) atoms. The Hall–Kier alpha value is -2.76. The van der Waals surface area contributed by atoms with Crippen molar-refractivity contribution in [2.75, 3.05) is 5.73 Å². The lowest BCUT2D eigenvalue weighted by molar-refractivity contribution is 0.143. The van der Waals surface area contributed by atoms with E-state index >= 15 is 0 Å². The normalized spacial score (nSPS) is 11.6. The van der Waals surface area contributed by atoms with E-state index in [0.29, 0.717) is 28.2 Å². The molecule has 0 saturated carbocycles. The SMILES string of the molecule is C/C(=N\c1ccccc1N)c1c(C)cc(=O)n(O)c1O. The molecule has 1 heterocycles. The molecule has 2 aromatic rings. The fourth-order valence-corrected chi connectivity index (χ4v) is 1.98. The van der Waals surface area contributed by atoms with Crippen LogP contribution in [-0.2, 0) is 0 Å². The lowest BCUT2D eigenvalue weighted by Gasteiger charge is -2.10. The van der Waals surface area contributed by atoms with Crippen molar-refractivity contribution in [1.82, 2.24) is 4.73 Å². The Labute approximate surface area is 115 Å². The molecule has 0 saturated heterocycles. The van der Waals surface area contributed by atoms with Crippen molar-refractivity contribution in [2.45, 2.75) is 13.8 Å². The van der Waals surface area contributed by atoms with Crippen molar-refractivity contribution >= 4 is 17.1 Å². The number of benzene rings is 1. The molecule has 0 spiro atoms. The van der Waals surface area contributed by atoms with E-state index in [1.54, 1.807) is 38.1 Å². The van der Waals surface area contributed by atoms with Crippen molar-refractivity contribution in [3.05, 3.63) is 51.8 Å². The van der Waals surface area contributed by atoms with Crippen LogP contribution in [0, 0.1) is 6.92 Å². The van der Waals surface area contributed by atoms with Crippen LogP contribution >= 0.6 is 0 Å². The van der Waals surface area contributed by atoms with Crippen LogP contribution in [0.3, 0.4) is 0 Å². The number of anilines is 1. The van der Waals surface area contributed by atoms with Gasteiger partial charge in [-0.15, -0.1) is 4.73 Å². The molecule has 6 nitrogen and oxygen atoms in total. The maximum absolute atomic E-state index is 11.3. The molecule has 0 unspecified atom stereocenters. The number of hydrogen-bond acceptors (Lipinski definition) is 5. The first-order valence-corrected chi connectivity index (χ1v) is 5.97. The third kappa shape index (κ3) is 2.35. The smallest absolute Gasteiger partial charge is 0.286 e. The number of para-hydroxylation sites is 2. The molecule has 1 aromatic heterocycles. The van der Waals surface area contributed by atoms with Crippen LogP contribution in [0.5, 0.6) is 5.88 Å². The van der Waals surface area contributed by atoms with Crippen LogP contribution in [0.2, 0.25) is 0 Å². The average Bonchev–Trinajstić information content (AvgIpc) is 2.39. The van der Waals surface area contributed by atoms with Crippen molar-refractivity contribution in [1.29, 1.82) is 0 Å². The number of nitrogens with zero attached hydrogens (tertiary/aromatic N) is 2. The van der Waals surface area contributed by atoms with E-state index in [2.05, 4.69) is 4.99 Å². The highest BCUT2D eigenvalue weighted by atomic mass is 16.5. The molecular weight excluding hydrogens is 258 g/mol. The van der Waals surface area contributed by atoms with Crippen LogP contribution in [-0.4, -0.2) is 20.8 Å². The van der Waals surface area contributed by atoms with Crippen LogP contribution in [0.25, 0.3) is 0 Å². The Kier molecular flexibility index (Phi) is 3.47. The van der Waals surface area contributed by atoms with Crippen molar-refractivity contribution in [3.63, 3.8) is 0 Å². The number of aromatic nitrogens is 1. The molecule has 0 aliphatic carbocycles. The fourth-order valence-electron chi connectivity index (χ4n) is 1.98. The molecule has 0 radical (unpaired) electrons. The summed E-state index contributed by atoms with van der Waals surface area (Å²) in [5.74, 6) is -0.536. The summed E-state index contributed by atoms with van der Waals surface area (Å²) < 4.78 is 0.190. The van der Waals surface area contributed by atoms with E-state index < -0.39 is 11.4 Å². The fraction of sp³-hybridized carbons (Fsp3) is 0.143. The summed E-state index contributed by atoms with van der Waals surface area (Å²) in [4.78, 5) is 15.7. The zero-order valence-corrected chi connectivity index (χ0v) is 11.2. The first-order chi connectivity index (χ1) is 9.41. The quantitative estimate of drug-likeness (QED) is 0.441. The maximum Gasteiger partial charge on any atom is 0.286 e. The van der Waals surface area contributed by atoms with E-state index in [0.717, 1.165) is 0 Å². The Morgan fingerprint density at radius 2 is 2.00 bits per heavy atom. The van der Waals surface area contributed by atoms with E-state index in [-0.39, 0.29) is 4.73 Å². The van der Waals surface area contributed by atoms with Crippen molar-refractivity contribution in [2.24, 2.45) is 4.99 Å². The lowest BCUT2D eigenvalue weighted by Crippen LogP contribution is -2.20. The van der Waals surface area contributed by atoms with Crippen LogP contribution < -0.4 is 11.3 Å². The van der Waals surface area contributed by atoms with Crippen molar-refractivity contribution in [3.8, 4) is 5.88 Å². The van der Waals surface area contributed by atoms with Crippen LogP contribution in [0.1, 0.15) is 18.1 Å². The first-order valence-electron chi connectivity index (χ1n) is 5.97. The summed E-state index contributed by atoms with van der Waals surface area (Å²) in [6.07, 6.45) is 0. The number of hydrogen-bond donors (Lipinski definition) is 3. The molecular formula is C14H15N3O3. The minimum atomic E-state index is -0.698. The monoisotopic (exact) mass is 273 g/mol. The summed E-state index contributed by atoms with van der Waals surface area (Å²) in [5, 5.41) is 19.3. The number of nitrogen functional groups attached to an aromatic ring is 1. The van der Waals surface area contributed by atoms with Gasteiger partial charge in [-0.2, -0.15) is 0 Å². The highest BCUT2D eigenvalue weighted by Gasteiger charge is 2.15. The second kappa shape index (κ2) is 5.08. The molecule has 104 valence electrons. The Bertz CT molecular complexity index is 748. The number of nitrogens with two attached hydrogens (primary N) is 1. The van der Waals surface area contributed by atoms with Gasteiger partial charge in [0.1, 0.15) is 0 Å². The maximum atomic E-state index is 11.3. The second-order valence-corrected chi connectivity index (χ2v) is 4.43. The summed E-state index contributed by atoms with van der Waals surface area (Å²) in [5.41, 5.74) is 7.43. The average molecular weight is 273 g/mol. The minimum absolute atomic E-state index is 0.190. The summed E-state index contributed by atoms with van der Waals surface area (Å²) in [7, 11) is 0. The molecule has 0 aliphatic heterocycles. The van der Waals surface area contributed by atoms with Crippen molar-refractivity contribution < 1.29 is 10.3 Å². The van der Waals surface area contributed by atoms with Gasteiger partial charge in [-0.05, 0) is 31.5 Å². The third-order valence-corrected chi connectivity index (χ3v) is 2.95. The number of aliphatic imine (C=N–C) groups is 1. The van der Waals surface area contributed by atoms with E-state index in [1.807, 2.05) is 0 Å². The predicted octanol–water partition coefficient (Wildman–Crippen LogP) is 1.82. The summed E-state index contributed by atoms with van der Waals surface area (Å²) >= 11 is 0. The predicted molar refractivity (Wildman–Crippen MR) is 77.0 cm³/mol. The van der Waals surface area contributed by atoms with Gasteiger partial charge in [0.15, 0.2) is 0 Å². The zero-order chi connectivity index (χ0) is 14.9. The molecule has 2 rings (SSSR count). The first kappa shape index (κ1) is 13.7. The summed E-state index contributed by atoms with van der Waals surface area (Å²) in [6.45, 7) is 3.32. The van der Waals surface area contributed by atoms with Gasteiger partial charge in [0.25, 0.3) is 5.56 Å². The Morgan fingerprint density at radius 1 is 1.35 bits per heavy atom. The number of pyridine rings is 1. The van der Waals surface area contributed by atoms with Gasteiger partial charge < -0.3 is 16.0 Å². The lowest BCUT2D eigenvalue weighted by atomic mass is 10.1. The Morgan fingerprint density at radius 3 is 2.65 bits per heavy atom. The summed E-state index contributed by atoms with van der Waals surface area (Å²) in [6, 6.07) is 8.26. The van der Waals surface area contributed by atoms with Gasteiger partial charge in [0.05, 0.1) is 22.6 Å². The molecule has 0 amide bonds. The van der Waals surface area contributed by atoms with Gasteiger partial charge in [0.2, 0.25) is 5.88 Å².